The van der Waals surface area contributed by atoms with Crippen molar-refractivity contribution in [3.8, 4) is 0 Å². The summed E-state index contributed by atoms with van der Waals surface area (Å²) in [6, 6.07) is 2.55. The first-order chi connectivity index (χ1) is 7.15. The van der Waals surface area contributed by atoms with Crippen molar-refractivity contribution in [2.45, 2.75) is 33.2 Å². The first-order valence-electron chi connectivity index (χ1n) is 5.29. The van der Waals surface area contributed by atoms with Crippen LogP contribution >= 0.6 is 27.3 Å². The standard InChI is InChI=1S/C12H18BrNS/c1-4-6-14-10(3)9(2)8-12-11(13)5-7-15-12/h5,7-8,10,14H,4,6H2,1-3H3/b9-8+. The van der Waals surface area contributed by atoms with E-state index in [0.717, 1.165) is 6.54 Å². The lowest BCUT2D eigenvalue weighted by atomic mass is 10.1. The normalized spacial score (nSPS) is 14.3. The van der Waals surface area contributed by atoms with Crippen LogP contribution in [0.3, 0.4) is 0 Å². The predicted molar refractivity (Wildman–Crippen MR) is 73.4 cm³/mol. The van der Waals surface area contributed by atoms with E-state index in [2.05, 4.69) is 59.5 Å². The maximum atomic E-state index is 3.54. The minimum absolute atomic E-state index is 0.457. The molecule has 1 N–H and O–H groups in total. The molecule has 0 aliphatic heterocycles. The molecule has 1 rings (SSSR count). The number of rotatable bonds is 5. The molecule has 0 bridgehead atoms. The second-order valence-corrected chi connectivity index (χ2v) is 5.50. The van der Waals surface area contributed by atoms with Crippen molar-refractivity contribution in [3.63, 3.8) is 0 Å². The Morgan fingerprint density at radius 3 is 2.93 bits per heavy atom. The van der Waals surface area contributed by atoms with Gasteiger partial charge in [-0.3, -0.25) is 0 Å². The molecule has 1 atom stereocenters. The molecule has 84 valence electrons. The number of hydrogen-bond acceptors (Lipinski definition) is 2. The summed E-state index contributed by atoms with van der Waals surface area (Å²) in [4.78, 5) is 1.30. The molecule has 3 heteroatoms. The third kappa shape index (κ3) is 4.09. The van der Waals surface area contributed by atoms with Crippen LogP contribution in [0.2, 0.25) is 0 Å². The van der Waals surface area contributed by atoms with Crippen molar-refractivity contribution in [1.29, 1.82) is 0 Å². The predicted octanol–water partition coefficient (Wildman–Crippen LogP) is 4.30. The highest BCUT2D eigenvalue weighted by Gasteiger charge is 2.04. The van der Waals surface area contributed by atoms with Crippen LogP contribution in [0.1, 0.15) is 32.1 Å². The van der Waals surface area contributed by atoms with Gasteiger partial charge in [0.1, 0.15) is 0 Å². The summed E-state index contributed by atoms with van der Waals surface area (Å²) in [6.45, 7) is 7.66. The van der Waals surface area contributed by atoms with Gasteiger partial charge < -0.3 is 5.32 Å². The fourth-order valence-electron chi connectivity index (χ4n) is 1.26. The van der Waals surface area contributed by atoms with Gasteiger partial charge in [0, 0.05) is 15.4 Å². The van der Waals surface area contributed by atoms with Crippen molar-refractivity contribution in [2.75, 3.05) is 6.54 Å². The Hall–Kier alpha value is -0.120. The minimum atomic E-state index is 0.457. The summed E-state index contributed by atoms with van der Waals surface area (Å²) in [6.07, 6.45) is 3.43. The maximum Gasteiger partial charge on any atom is 0.0412 e. The van der Waals surface area contributed by atoms with E-state index in [0.29, 0.717) is 6.04 Å². The molecule has 1 nitrogen and oxygen atoms in total. The number of nitrogens with one attached hydrogen (secondary N) is 1. The lowest BCUT2D eigenvalue weighted by molar-refractivity contribution is 0.604. The largest absolute Gasteiger partial charge is 0.311 e. The van der Waals surface area contributed by atoms with Crippen molar-refractivity contribution >= 4 is 33.3 Å². The maximum absolute atomic E-state index is 3.54. The van der Waals surface area contributed by atoms with E-state index >= 15 is 0 Å². The summed E-state index contributed by atoms with van der Waals surface area (Å²) in [5, 5.41) is 5.59. The van der Waals surface area contributed by atoms with Crippen molar-refractivity contribution < 1.29 is 0 Å². The quantitative estimate of drug-likeness (QED) is 0.851. The van der Waals surface area contributed by atoms with E-state index < -0.39 is 0 Å². The minimum Gasteiger partial charge on any atom is -0.311 e. The first-order valence-corrected chi connectivity index (χ1v) is 6.97. The van der Waals surface area contributed by atoms with Crippen LogP contribution < -0.4 is 5.32 Å². The number of halogens is 1. The Morgan fingerprint density at radius 1 is 1.67 bits per heavy atom. The molecule has 1 aromatic rings. The van der Waals surface area contributed by atoms with E-state index in [4.69, 9.17) is 0 Å². The van der Waals surface area contributed by atoms with Crippen LogP contribution in [0.15, 0.2) is 21.5 Å². The zero-order chi connectivity index (χ0) is 11.3. The second kappa shape index (κ2) is 6.46. The highest BCUT2D eigenvalue weighted by molar-refractivity contribution is 9.10. The first kappa shape index (κ1) is 12.9. The van der Waals surface area contributed by atoms with Crippen molar-refractivity contribution in [3.05, 3.63) is 26.4 Å². The van der Waals surface area contributed by atoms with Gasteiger partial charge in [-0.25, -0.2) is 0 Å². The topological polar surface area (TPSA) is 12.0 Å². The molecule has 15 heavy (non-hydrogen) atoms. The van der Waals surface area contributed by atoms with Crippen LogP contribution in [-0.4, -0.2) is 12.6 Å². The third-order valence-corrected chi connectivity index (χ3v) is 4.20. The Morgan fingerprint density at radius 2 is 2.40 bits per heavy atom. The molecule has 0 saturated carbocycles. The Balaban J connectivity index is 2.63. The number of hydrogen-bond donors (Lipinski definition) is 1. The van der Waals surface area contributed by atoms with Gasteiger partial charge in [0.25, 0.3) is 0 Å². The second-order valence-electron chi connectivity index (χ2n) is 3.70. The molecule has 0 aliphatic carbocycles. The molecule has 1 aromatic heterocycles. The molecule has 1 unspecified atom stereocenters. The Bertz CT molecular complexity index is 330. The highest BCUT2D eigenvalue weighted by Crippen LogP contribution is 2.25. The average molecular weight is 288 g/mol. The fourth-order valence-corrected chi connectivity index (χ4v) is 2.75. The van der Waals surface area contributed by atoms with E-state index in [9.17, 15) is 0 Å². The van der Waals surface area contributed by atoms with Gasteiger partial charge in [0.05, 0.1) is 0 Å². The molecular formula is C12H18BrNS. The van der Waals surface area contributed by atoms with E-state index in [1.54, 1.807) is 11.3 Å². The van der Waals surface area contributed by atoms with Gasteiger partial charge in [-0.2, -0.15) is 0 Å². The Kier molecular flexibility index (Phi) is 5.58. The van der Waals surface area contributed by atoms with Crippen LogP contribution in [0.4, 0.5) is 0 Å². The van der Waals surface area contributed by atoms with Gasteiger partial charge in [0.15, 0.2) is 0 Å². The van der Waals surface area contributed by atoms with Crippen molar-refractivity contribution in [2.24, 2.45) is 0 Å². The van der Waals surface area contributed by atoms with E-state index in [-0.39, 0.29) is 0 Å². The van der Waals surface area contributed by atoms with Crippen molar-refractivity contribution in [1.82, 2.24) is 5.32 Å². The lowest BCUT2D eigenvalue weighted by Crippen LogP contribution is -2.27. The van der Waals surface area contributed by atoms with Crippen LogP contribution in [0.25, 0.3) is 6.08 Å². The summed E-state index contributed by atoms with van der Waals surface area (Å²) in [5.41, 5.74) is 1.38. The van der Waals surface area contributed by atoms with Crippen LogP contribution in [-0.2, 0) is 0 Å². The molecule has 0 aromatic carbocycles. The lowest BCUT2D eigenvalue weighted by Gasteiger charge is -2.13. The molecule has 0 aliphatic rings. The molecule has 0 amide bonds. The summed E-state index contributed by atoms with van der Waals surface area (Å²) < 4.78 is 1.19. The van der Waals surface area contributed by atoms with Crippen LogP contribution in [0, 0.1) is 0 Å². The molecule has 0 fully saturated rings. The summed E-state index contributed by atoms with van der Waals surface area (Å²) in [7, 11) is 0. The molecule has 0 radical (unpaired) electrons. The van der Waals surface area contributed by atoms with Crippen LogP contribution in [0.5, 0.6) is 0 Å². The zero-order valence-electron chi connectivity index (χ0n) is 9.51. The highest BCUT2D eigenvalue weighted by atomic mass is 79.9. The van der Waals surface area contributed by atoms with Gasteiger partial charge in [-0.15, -0.1) is 11.3 Å². The van der Waals surface area contributed by atoms with Gasteiger partial charge in [-0.1, -0.05) is 12.5 Å². The molecule has 0 spiro atoms. The Labute approximate surface area is 105 Å². The number of thiophene rings is 1. The van der Waals surface area contributed by atoms with E-state index in [1.165, 1.54) is 21.3 Å². The summed E-state index contributed by atoms with van der Waals surface area (Å²) >= 11 is 5.31. The fraction of sp³-hybridized carbons (Fsp3) is 0.500. The SMILES string of the molecule is CCCNC(C)/C(C)=C/c1sccc1Br. The third-order valence-electron chi connectivity index (χ3n) is 2.39. The molecule has 0 saturated heterocycles. The monoisotopic (exact) mass is 287 g/mol. The zero-order valence-corrected chi connectivity index (χ0v) is 11.9. The smallest absolute Gasteiger partial charge is 0.0412 e. The van der Waals surface area contributed by atoms with E-state index in [1.807, 2.05) is 0 Å². The van der Waals surface area contributed by atoms with Gasteiger partial charge in [0.2, 0.25) is 0 Å². The molecule has 1 heterocycles. The average Bonchev–Trinajstić information content (AvgIpc) is 2.61. The van der Waals surface area contributed by atoms with Gasteiger partial charge in [-0.05, 0) is 60.3 Å². The molecular weight excluding hydrogens is 270 g/mol. The van der Waals surface area contributed by atoms with Gasteiger partial charge >= 0.3 is 0 Å². The summed E-state index contributed by atoms with van der Waals surface area (Å²) in [5.74, 6) is 0.